The second-order valence-electron chi connectivity index (χ2n) is 5.47. The molecule has 2 unspecified atom stereocenters. The number of furan rings is 1. The van der Waals surface area contributed by atoms with E-state index in [4.69, 9.17) is 8.83 Å². The van der Waals surface area contributed by atoms with Gasteiger partial charge in [0, 0.05) is 12.5 Å². The van der Waals surface area contributed by atoms with Crippen molar-refractivity contribution in [2.45, 2.75) is 30.7 Å². The number of aliphatic hydroxyl groups excluding tert-OH is 1. The quantitative estimate of drug-likeness (QED) is 0.639. The first-order valence-corrected chi connectivity index (χ1v) is 8.59. The average Bonchev–Trinajstić information content (AvgIpc) is 3.21. The van der Waals surface area contributed by atoms with Crippen molar-refractivity contribution in [1.82, 2.24) is 10.3 Å². The molecule has 0 aliphatic carbocycles. The van der Waals surface area contributed by atoms with E-state index in [-0.39, 0.29) is 17.7 Å². The van der Waals surface area contributed by atoms with Crippen molar-refractivity contribution in [3.8, 4) is 0 Å². The maximum atomic E-state index is 12.0. The minimum Gasteiger partial charge on any atom is -0.467 e. The standard InChI is InChI=1S/C17H18N2O4S/c1-11(9-13(20)15-7-4-8-22-15)18-16(21)10-24-17-19-12-5-2-3-6-14(12)23-17/h2-8,11,13,20H,9-10H2,1H3,(H,18,21). The fraction of sp³-hybridized carbons (Fsp3) is 0.294. The molecule has 126 valence electrons. The molecular formula is C17H18N2O4S. The third kappa shape index (κ3) is 4.18. The predicted octanol–water partition coefficient (Wildman–Crippen LogP) is 3.14. The van der Waals surface area contributed by atoms with Crippen LogP contribution in [-0.2, 0) is 4.79 Å². The van der Waals surface area contributed by atoms with Crippen LogP contribution in [0.25, 0.3) is 11.1 Å². The van der Waals surface area contributed by atoms with Gasteiger partial charge in [-0.2, -0.15) is 0 Å². The Labute approximate surface area is 143 Å². The summed E-state index contributed by atoms with van der Waals surface area (Å²) in [6, 6.07) is 10.7. The van der Waals surface area contributed by atoms with Crippen LogP contribution in [0.15, 0.2) is 56.7 Å². The molecule has 0 saturated carbocycles. The van der Waals surface area contributed by atoms with Gasteiger partial charge in [0.2, 0.25) is 5.91 Å². The number of thioether (sulfide) groups is 1. The van der Waals surface area contributed by atoms with Crippen molar-refractivity contribution in [1.29, 1.82) is 0 Å². The Bertz CT molecular complexity index is 767. The lowest BCUT2D eigenvalue weighted by Crippen LogP contribution is -2.34. The Morgan fingerprint density at radius 1 is 1.33 bits per heavy atom. The second kappa shape index (κ2) is 7.55. The van der Waals surface area contributed by atoms with Gasteiger partial charge in [-0.1, -0.05) is 23.9 Å². The van der Waals surface area contributed by atoms with Crippen LogP contribution in [-0.4, -0.2) is 27.8 Å². The summed E-state index contributed by atoms with van der Waals surface area (Å²) >= 11 is 1.24. The van der Waals surface area contributed by atoms with E-state index in [1.807, 2.05) is 31.2 Å². The van der Waals surface area contributed by atoms with Gasteiger partial charge in [-0.3, -0.25) is 4.79 Å². The van der Waals surface area contributed by atoms with Crippen LogP contribution in [0.2, 0.25) is 0 Å². The molecule has 0 aliphatic heterocycles. The van der Waals surface area contributed by atoms with Gasteiger partial charge in [0.15, 0.2) is 5.58 Å². The van der Waals surface area contributed by atoms with E-state index in [1.165, 1.54) is 18.0 Å². The van der Waals surface area contributed by atoms with Crippen molar-refractivity contribution in [2.24, 2.45) is 0 Å². The molecule has 2 N–H and O–H groups in total. The number of para-hydroxylation sites is 2. The van der Waals surface area contributed by atoms with E-state index in [9.17, 15) is 9.90 Å². The maximum Gasteiger partial charge on any atom is 0.257 e. The van der Waals surface area contributed by atoms with E-state index in [0.717, 1.165) is 5.52 Å². The van der Waals surface area contributed by atoms with Crippen LogP contribution in [0.5, 0.6) is 0 Å². The van der Waals surface area contributed by atoms with Crippen molar-refractivity contribution < 1.29 is 18.7 Å². The Hall–Kier alpha value is -2.25. The van der Waals surface area contributed by atoms with Crippen molar-refractivity contribution in [2.75, 3.05) is 5.75 Å². The smallest absolute Gasteiger partial charge is 0.257 e. The van der Waals surface area contributed by atoms with Gasteiger partial charge in [-0.25, -0.2) is 4.98 Å². The van der Waals surface area contributed by atoms with Gasteiger partial charge in [0.1, 0.15) is 17.4 Å². The number of aromatic nitrogens is 1. The van der Waals surface area contributed by atoms with Gasteiger partial charge >= 0.3 is 0 Å². The van der Waals surface area contributed by atoms with Crippen LogP contribution >= 0.6 is 11.8 Å². The number of hydrogen-bond donors (Lipinski definition) is 2. The molecule has 2 aromatic heterocycles. The first kappa shape index (κ1) is 16.6. The van der Waals surface area contributed by atoms with E-state index in [2.05, 4.69) is 10.3 Å². The summed E-state index contributed by atoms with van der Waals surface area (Å²) in [5.41, 5.74) is 1.48. The van der Waals surface area contributed by atoms with Gasteiger partial charge in [0.25, 0.3) is 5.22 Å². The summed E-state index contributed by atoms with van der Waals surface area (Å²) in [4.78, 5) is 16.3. The molecule has 0 spiro atoms. The topological polar surface area (TPSA) is 88.5 Å². The number of carbonyl (C=O) groups excluding carboxylic acids is 1. The molecule has 3 aromatic rings. The van der Waals surface area contributed by atoms with E-state index in [0.29, 0.717) is 23.0 Å². The highest BCUT2D eigenvalue weighted by atomic mass is 32.2. The lowest BCUT2D eigenvalue weighted by atomic mass is 10.1. The Morgan fingerprint density at radius 2 is 2.17 bits per heavy atom. The highest BCUT2D eigenvalue weighted by Crippen LogP contribution is 2.23. The number of fused-ring (bicyclic) bond motifs is 1. The van der Waals surface area contributed by atoms with Crippen LogP contribution in [0.3, 0.4) is 0 Å². The number of hydrogen-bond acceptors (Lipinski definition) is 6. The molecular weight excluding hydrogens is 328 g/mol. The van der Waals surface area contributed by atoms with Gasteiger partial charge in [-0.05, 0) is 31.2 Å². The zero-order chi connectivity index (χ0) is 16.9. The highest BCUT2D eigenvalue weighted by molar-refractivity contribution is 7.99. The molecule has 0 saturated heterocycles. The molecule has 24 heavy (non-hydrogen) atoms. The van der Waals surface area contributed by atoms with E-state index < -0.39 is 6.10 Å². The SMILES string of the molecule is CC(CC(O)c1ccco1)NC(=O)CSc1nc2ccccc2o1. The molecule has 0 radical (unpaired) electrons. The number of carbonyl (C=O) groups is 1. The Kier molecular flexibility index (Phi) is 5.22. The van der Waals surface area contributed by atoms with Crippen molar-refractivity contribution in [3.05, 3.63) is 48.4 Å². The van der Waals surface area contributed by atoms with Gasteiger partial charge < -0.3 is 19.3 Å². The van der Waals surface area contributed by atoms with Crippen LogP contribution < -0.4 is 5.32 Å². The lowest BCUT2D eigenvalue weighted by Gasteiger charge is -2.16. The molecule has 1 aromatic carbocycles. The monoisotopic (exact) mass is 346 g/mol. The second-order valence-corrected chi connectivity index (χ2v) is 6.40. The fourth-order valence-corrected chi connectivity index (χ4v) is 3.00. The third-order valence-electron chi connectivity index (χ3n) is 3.46. The van der Waals surface area contributed by atoms with Crippen LogP contribution in [0.1, 0.15) is 25.2 Å². The molecule has 2 atom stereocenters. The predicted molar refractivity (Wildman–Crippen MR) is 90.6 cm³/mol. The zero-order valence-electron chi connectivity index (χ0n) is 13.1. The Morgan fingerprint density at radius 3 is 2.92 bits per heavy atom. The number of oxazole rings is 1. The molecule has 6 nitrogen and oxygen atoms in total. The molecule has 0 bridgehead atoms. The summed E-state index contributed by atoms with van der Waals surface area (Å²) < 4.78 is 10.7. The first-order chi connectivity index (χ1) is 11.6. The van der Waals surface area contributed by atoms with Crippen LogP contribution in [0, 0.1) is 0 Å². The minimum atomic E-state index is -0.736. The summed E-state index contributed by atoms with van der Waals surface area (Å²) in [5, 5.41) is 13.3. The summed E-state index contributed by atoms with van der Waals surface area (Å²) in [7, 11) is 0. The molecule has 1 amide bonds. The Balaban J connectivity index is 1.46. The first-order valence-electron chi connectivity index (χ1n) is 7.61. The largest absolute Gasteiger partial charge is 0.467 e. The fourth-order valence-electron chi connectivity index (χ4n) is 2.35. The average molecular weight is 346 g/mol. The number of aliphatic hydroxyl groups is 1. The third-order valence-corrected chi connectivity index (χ3v) is 4.28. The lowest BCUT2D eigenvalue weighted by molar-refractivity contribution is -0.119. The highest BCUT2D eigenvalue weighted by Gasteiger charge is 2.17. The summed E-state index contributed by atoms with van der Waals surface area (Å²) in [6.45, 7) is 1.84. The number of amides is 1. The summed E-state index contributed by atoms with van der Waals surface area (Å²) in [5.74, 6) is 0.562. The summed E-state index contributed by atoms with van der Waals surface area (Å²) in [6.07, 6.45) is 1.16. The van der Waals surface area contributed by atoms with E-state index in [1.54, 1.807) is 12.1 Å². The normalized spacial score (nSPS) is 13.8. The van der Waals surface area contributed by atoms with Crippen molar-refractivity contribution >= 4 is 28.8 Å². The number of nitrogens with zero attached hydrogens (tertiary/aromatic N) is 1. The molecule has 2 heterocycles. The van der Waals surface area contributed by atoms with Crippen molar-refractivity contribution in [3.63, 3.8) is 0 Å². The zero-order valence-corrected chi connectivity index (χ0v) is 14.0. The minimum absolute atomic E-state index is 0.138. The maximum absolute atomic E-state index is 12.0. The number of nitrogens with one attached hydrogen (secondary N) is 1. The number of rotatable bonds is 7. The molecule has 7 heteroatoms. The molecule has 0 fully saturated rings. The van der Waals surface area contributed by atoms with Gasteiger partial charge in [0.05, 0.1) is 12.0 Å². The molecule has 0 aliphatic rings. The molecule has 3 rings (SSSR count). The van der Waals surface area contributed by atoms with Gasteiger partial charge in [-0.15, -0.1) is 0 Å². The van der Waals surface area contributed by atoms with Crippen LogP contribution in [0.4, 0.5) is 0 Å². The van der Waals surface area contributed by atoms with E-state index >= 15 is 0 Å². The number of benzene rings is 1.